The zero-order chi connectivity index (χ0) is 14.2. The van der Waals surface area contributed by atoms with Crippen LogP contribution in [0.1, 0.15) is 16.1 Å². The van der Waals surface area contributed by atoms with E-state index in [1.165, 1.54) is 11.3 Å². The predicted octanol–water partition coefficient (Wildman–Crippen LogP) is -0.0274. The lowest BCUT2D eigenvalue weighted by molar-refractivity contribution is -0.134. The molecular weight excluding hydrogens is 278 g/mol. The maximum atomic E-state index is 11.7. The summed E-state index contributed by atoms with van der Waals surface area (Å²) in [6.07, 6.45) is 0.299. The molecule has 1 aromatic heterocycles. The van der Waals surface area contributed by atoms with Gasteiger partial charge < -0.3 is 20.7 Å². The minimum Gasteiger partial charge on any atom is -0.366 e. The van der Waals surface area contributed by atoms with E-state index in [1.54, 1.807) is 6.07 Å². The largest absolute Gasteiger partial charge is 0.366 e. The summed E-state index contributed by atoms with van der Waals surface area (Å²) in [4.78, 5) is 24.1. The van der Waals surface area contributed by atoms with Crippen LogP contribution < -0.4 is 16.0 Å². The van der Waals surface area contributed by atoms with Crippen molar-refractivity contribution in [2.24, 2.45) is 0 Å². The molecule has 0 bridgehead atoms. The van der Waals surface area contributed by atoms with E-state index < -0.39 is 6.10 Å². The van der Waals surface area contributed by atoms with Gasteiger partial charge in [-0.1, -0.05) is 6.07 Å². The summed E-state index contributed by atoms with van der Waals surface area (Å²) in [6, 6.07) is 3.63. The molecular formula is C13H19N3O3S. The Morgan fingerprint density at radius 3 is 2.95 bits per heavy atom. The molecule has 2 heterocycles. The number of ether oxygens (including phenoxy) is 1. The quantitative estimate of drug-likeness (QED) is 0.644. The van der Waals surface area contributed by atoms with Crippen molar-refractivity contribution < 1.29 is 14.3 Å². The third kappa shape index (κ3) is 4.59. The summed E-state index contributed by atoms with van der Waals surface area (Å²) in [5, 5.41) is 10.6. The van der Waals surface area contributed by atoms with Gasteiger partial charge >= 0.3 is 0 Å². The Balaban J connectivity index is 1.55. The van der Waals surface area contributed by atoms with Crippen molar-refractivity contribution >= 4 is 23.2 Å². The first-order valence-electron chi connectivity index (χ1n) is 6.69. The van der Waals surface area contributed by atoms with Crippen LogP contribution in [0.15, 0.2) is 17.5 Å². The molecule has 6 nitrogen and oxygen atoms in total. The number of thiophene rings is 1. The number of carbonyl (C=O) groups excluding carboxylic acids is 2. The average molecular weight is 297 g/mol. The minimum absolute atomic E-state index is 0.0638. The van der Waals surface area contributed by atoms with E-state index in [0.29, 0.717) is 37.5 Å². The highest BCUT2D eigenvalue weighted by Crippen LogP contribution is 2.07. The number of amides is 2. The van der Waals surface area contributed by atoms with Crippen molar-refractivity contribution in [1.82, 2.24) is 16.0 Å². The molecule has 0 radical (unpaired) electrons. The van der Waals surface area contributed by atoms with E-state index >= 15 is 0 Å². The van der Waals surface area contributed by atoms with Crippen molar-refractivity contribution in [1.29, 1.82) is 0 Å². The molecule has 1 fully saturated rings. The normalized spacial score (nSPS) is 18.5. The number of nitrogens with one attached hydrogen (secondary N) is 3. The predicted molar refractivity (Wildman–Crippen MR) is 76.9 cm³/mol. The highest BCUT2D eigenvalue weighted by molar-refractivity contribution is 7.12. The Morgan fingerprint density at radius 1 is 1.40 bits per heavy atom. The molecule has 1 aliphatic rings. The van der Waals surface area contributed by atoms with Gasteiger partial charge in [0.05, 0.1) is 11.5 Å². The van der Waals surface area contributed by atoms with Crippen LogP contribution >= 0.6 is 11.3 Å². The van der Waals surface area contributed by atoms with Crippen LogP contribution in [-0.2, 0) is 9.53 Å². The van der Waals surface area contributed by atoms with Gasteiger partial charge in [0.1, 0.15) is 6.10 Å². The monoisotopic (exact) mass is 297 g/mol. The molecule has 20 heavy (non-hydrogen) atoms. The second-order valence-electron chi connectivity index (χ2n) is 4.44. The standard InChI is InChI=1S/C13H19N3O3S/c17-12(10-9-14-6-7-19-10)15-4-2-5-16-13(18)11-3-1-8-20-11/h1,3,8,10,14H,2,4-7,9H2,(H,15,17)(H,16,18). The number of hydrogen-bond acceptors (Lipinski definition) is 5. The molecule has 0 saturated carbocycles. The third-order valence-corrected chi connectivity index (χ3v) is 3.77. The van der Waals surface area contributed by atoms with Crippen LogP contribution in [0.3, 0.4) is 0 Å². The van der Waals surface area contributed by atoms with E-state index in [4.69, 9.17) is 4.74 Å². The molecule has 7 heteroatoms. The van der Waals surface area contributed by atoms with E-state index in [9.17, 15) is 9.59 Å². The molecule has 3 N–H and O–H groups in total. The molecule has 1 atom stereocenters. The molecule has 1 aliphatic heterocycles. The van der Waals surface area contributed by atoms with Crippen LogP contribution in [0.25, 0.3) is 0 Å². The van der Waals surface area contributed by atoms with Gasteiger partial charge in [0.25, 0.3) is 5.91 Å². The summed E-state index contributed by atoms with van der Waals surface area (Å²) in [5.74, 6) is -0.159. The van der Waals surface area contributed by atoms with Crippen LogP contribution in [-0.4, -0.2) is 50.7 Å². The Labute approximate surface area is 121 Å². The zero-order valence-corrected chi connectivity index (χ0v) is 12.0. The molecule has 110 valence electrons. The number of hydrogen-bond donors (Lipinski definition) is 3. The number of morpholine rings is 1. The topological polar surface area (TPSA) is 79.5 Å². The minimum atomic E-state index is -0.399. The molecule has 2 rings (SSSR count). The summed E-state index contributed by atoms with van der Waals surface area (Å²) in [6.45, 7) is 2.98. The maximum absolute atomic E-state index is 11.7. The first kappa shape index (κ1) is 15.0. The fraction of sp³-hybridized carbons (Fsp3) is 0.538. The summed E-state index contributed by atoms with van der Waals surface area (Å²) >= 11 is 1.41. The van der Waals surface area contributed by atoms with Crippen LogP contribution in [0.5, 0.6) is 0 Å². The number of carbonyl (C=O) groups is 2. The third-order valence-electron chi connectivity index (χ3n) is 2.90. The lowest BCUT2D eigenvalue weighted by Crippen LogP contribution is -2.48. The Bertz CT molecular complexity index is 430. The molecule has 0 spiro atoms. The SMILES string of the molecule is O=C(NCCCNC(=O)C1CNCCO1)c1cccs1. The van der Waals surface area contributed by atoms with Crippen LogP contribution in [0.2, 0.25) is 0 Å². The van der Waals surface area contributed by atoms with Gasteiger partial charge in [0.2, 0.25) is 5.91 Å². The van der Waals surface area contributed by atoms with E-state index in [-0.39, 0.29) is 11.8 Å². The highest BCUT2D eigenvalue weighted by Gasteiger charge is 2.20. The molecule has 2 amide bonds. The lowest BCUT2D eigenvalue weighted by atomic mass is 10.3. The number of rotatable bonds is 6. The smallest absolute Gasteiger partial charge is 0.261 e. The van der Waals surface area contributed by atoms with Crippen molar-refractivity contribution in [2.45, 2.75) is 12.5 Å². The first-order valence-corrected chi connectivity index (χ1v) is 7.57. The second-order valence-corrected chi connectivity index (χ2v) is 5.39. The van der Waals surface area contributed by atoms with E-state index in [0.717, 1.165) is 6.54 Å². The van der Waals surface area contributed by atoms with Crippen molar-refractivity contribution in [3.63, 3.8) is 0 Å². The maximum Gasteiger partial charge on any atom is 0.261 e. The zero-order valence-electron chi connectivity index (χ0n) is 11.2. The van der Waals surface area contributed by atoms with Gasteiger partial charge in [-0.2, -0.15) is 0 Å². The van der Waals surface area contributed by atoms with Gasteiger partial charge in [-0.05, 0) is 17.9 Å². The van der Waals surface area contributed by atoms with Gasteiger partial charge in [-0.15, -0.1) is 11.3 Å². The first-order chi connectivity index (χ1) is 9.77. The Morgan fingerprint density at radius 2 is 2.25 bits per heavy atom. The van der Waals surface area contributed by atoms with Crippen molar-refractivity contribution in [3.05, 3.63) is 22.4 Å². The molecule has 1 unspecified atom stereocenters. The van der Waals surface area contributed by atoms with E-state index in [1.807, 2.05) is 11.4 Å². The van der Waals surface area contributed by atoms with Gasteiger partial charge in [0, 0.05) is 26.2 Å². The van der Waals surface area contributed by atoms with E-state index in [2.05, 4.69) is 16.0 Å². The summed E-state index contributed by atoms with van der Waals surface area (Å²) in [5.41, 5.74) is 0. The Kier molecular flexibility index (Phi) is 5.97. The summed E-state index contributed by atoms with van der Waals surface area (Å²) < 4.78 is 5.34. The molecule has 0 aromatic carbocycles. The fourth-order valence-electron chi connectivity index (χ4n) is 1.84. The average Bonchev–Trinajstić information content (AvgIpc) is 3.01. The van der Waals surface area contributed by atoms with Crippen molar-refractivity contribution in [2.75, 3.05) is 32.8 Å². The second kappa shape index (κ2) is 7.98. The molecule has 0 aliphatic carbocycles. The lowest BCUT2D eigenvalue weighted by Gasteiger charge is -2.22. The van der Waals surface area contributed by atoms with Gasteiger partial charge in [-0.3, -0.25) is 9.59 Å². The van der Waals surface area contributed by atoms with Crippen molar-refractivity contribution in [3.8, 4) is 0 Å². The van der Waals surface area contributed by atoms with Gasteiger partial charge in [0.15, 0.2) is 0 Å². The molecule has 1 aromatic rings. The molecule has 1 saturated heterocycles. The highest BCUT2D eigenvalue weighted by atomic mass is 32.1. The van der Waals surface area contributed by atoms with Crippen LogP contribution in [0.4, 0.5) is 0 Å². The Hall–Kier alpha value is -1.44. The van der Waals surface area contributed by atoms with Crippen LogP contribution in [0, 0.1) is 0 Å². The van der Waals surface area contributed by atoms with Gasteiger partial charge in [-0.25, -0.2) is 0 Å². The fourth-order valence-corrected chi connectivity index (χ4v) is 2.48. The summed E-state index contributed by atoms with van der Waals surface area (Å²) in [7, 11) is 0.